The van der Waals surface area contributed by atoms with Gasteiger partial charge >= 0.3 is 7.12 Å². The SMILES string of the molecule is CNCC(=Cc1cccc2c1C(=O)C(=O)N2)B1OC(C)(C)C(C)(C)O1. The Morgan fingerprint density at radius 3 is 2.44 bits per heavy atom. The fourth-order valence-corrected chi connectivity index (χ4v) is 2.94. The van der Waals surface area contributed by atoms with Crippen molar-refractivity contribution in [1.82, 2.24) is 5.32 Å². The molecule has 2 N–H and O–H groups in total. The number of hydrogen-bond acceptors (Lipinski definition) is 5. The lowest BCUT2D eigenvalue weighted by Crippen LogP contribution is -2.41. The first-order chi connectivity index (χ1) is 11.7. The van der Waals surface area contributed by atoms with Crippen LogP contribution in [-0.4, -0.2) is 43.6 Å². The maximum Gasteiger partial charge on any atom is 0.491 e. The van der Waals surface area contributed by atoms with Gasteiger partial charge in [-0.15, -0.1) is 0 Å². The summed E-state index contributed by atoms with van der Waals surface area (Å²) in [6.45, 7) is 8.52. The van der Waals surface area contributed by atoms with Crippen molar-refractivity contribution in [3.8, 4) is 0 Å². The molecule has 2 aliphatic rings. The van der Waals surface area contributed by atoms with E-state index < -0.39 is 30.0 Å². The third-order valence-electron chi connectivity index (χ3n) is 5.06. The van der Waals surface area contributed by atoms with Crippen LogP contribution in [0.2, 0.25) is 0 Å². The maximum absolute atomic E-state index is 12.2. The van der Waals surface area contributed by atoms with E-state index in [1.807, 2.05) is 53.0 Å². The molecule has 0 aliphatic carbocycles. The molecule has 0 bridgehead atoms. The zero-order valence-electron chi connectivity index (χ0n) is 15.2. The summed E-state index contributed by atoms with van der Waals surface area (Å²) in [6.07, 6.45) is 1.87. The van der Waals surface area contributed by atoms with Crippen LogP contribution in [0.5, 0.6) is 0 Å². The molecule has 1 saturated heterocycles. The summed E-state index contributed by atoms with van der Waals surface area (Å²) < 4.78 is 12.2. The number of rotatable bonds is 4. The Labute approximate surface area is 148 Å². The largest absolute Gasteiger partial charge is 0.491 e. The van der Waals surface area contributed by atoms with Crippen LogP contribution in [0.3, 0.4) is 0 Å². The van der Waals surface area contributed by atoms with Gasteiger partial charge in [-0.1, -0.05) is 18.2 Å². The average Bonchev–Trinajstić information content (AvgIpc) is 2.92. The van der Waals surface area contributed by atoms with Gasteiger partial charge in [0.15, 0.2) is 0 Å². The third-order valence-corrected chi connectivity index (χ3v) is 5.06. The summed E-state index contributed by atoms with van der Waals surface area (Å²) in [6, 6.07) is 5.35. The summed E-state index contributed by atoms with van der Waals surface area (Å²) in [5.74, 6) is -1.11. The van der Waals surface area contributed by atoms with Crippen LogP contribution in [0.4, 0.5) is 5.69 Å². The molecule has 6 nitrogen and oxygen atoms in total. The number of fused-ring (bicyclic) bond motifs is 1. The predicted molar refractivity (Wildman–Crippen MR) is 97.4 cm³/mol. The highest BCUT2D eigenvalue weighted by Crippen LogP contribution is 2.39. The van der Waals surface area contributed by atoms with E-state index in [0.717, 1.165) is 5.47 Å². The van der Waals surface area contributed by atoms with Crippen LogP contribution >= 0.6 is 0 Å². The molecule has 2 aliphatic heterocycles. The minimum atomic E-state index is -0.596. The highest BCUT2D eigenvalue weighted by molar-refractivity contribution is 6.56. The van der Waals surface area contributed by atoms with Crippen LogP contribution in [0.1, 0.15) is 43.6 Å². The molecule has 1 amide bonds. The summed E-state index contributed by atoms with van der Waals surface area (Å²) in [7, 11) is 1.32. The monoisotopic (exact) mass is 342 g/mol. The van der Waals surface area contributed by atoms with E-state index in [1.54, 1.807) is 6.07 Å². The van der Waals surface area contributed by atoms with E-state index in [1.165, 1.54) is 0 Å². The summed E-state index contributed by atoms with van der Waals surface area (Å²) in [5, 5.41) is 5.70. The van der Waals surface area contributed by atoms with E-state index >= 15 is 0 Å². The standard InChI is InChI=1S/C18H23BN2O4/c1-17(2)18(3,4)25-19(24-17)12(10-20-5)9-11-7-6-8-13-14(11)15(22)16(23)21-13/h6-9,20H,10H2,1-5H3,(H,21,22,23). The van der Waals surface area contributed by atoms with Gasteiger partial charge in [-0.25, -0.2) is 0 Å². The molecule has 0 unspecified atom stereocenters. The number of benzene rings is 1. The number of amides is 1. The van der Waals surface area contributed by atoms with Gasteiger partial charge < -0.3 is 19.9 Å². The molecule has 7 heteroatoms. The number of carbonyl (C=O) groups is 2. The highest BCUT2D eigenvalue weighted by atomic mass is 16.7. The molecule has 1 aromatic rings. The molecule has 132 valence electrons. The lowest BCUT2D eigenvalue weighted by atomic mass is 9.76. The van der Waals surface area contributed by atoms with Crippen molar-refractivity contribution in [2.75, 3.05) is 18.9 Å². The number of likely N-dealkylation sites (N-methyl/N-ethyl adjacent to an activating group) is 1. The Morgan fingerprint density at radius 2 is 1.84 bits per heavy atom. The van der Waals surface area contributed by atoms with E-state index in [2.05, 4.69) is 10.6 Å². The fourth-order valence-electron chi connectivity index (χ4n) is 2.94. The van der Waals surface area contributed by atoms with Crippen LogP contribution in [0.25, 0.3) is 6.08 Å². The Hall–Kier alpha value is -1.96. The van der Waals surface area contributed by atoms with Crippen LogP contribution in [0, 0.1) is 0 Å². The molecule has 3 rings (SSSR count). The molecular formula is C18H23BN2O4. The van der Waals surface area contributed by atoms with E-state index in [-0.39, 0.29) is 0 Å². The van der Waals surface area contributed by atoms with E-state index in [4.69, 9.17) is 9.31 Å². The molecule has 0 atom stereocenters. The topological polar surface area (TPSA) is 76.7 Å². The van der Waals surface area contributed by atoms with Gasteiger partial charge in [0.1, 0.15) is 0 Å². The molecule has 1 fully saturated rings. The Bertz CT molecular complexity index is 754. The number of ketones is 1. The second kappa shape index (κ2) is 6.09. The van der Waals surface area contributed by atoms with Crippen molar-refractivity contribution in [3.63, 3.8) is 0 Å². The van der Waals surface area contributed by atoms with Gasteiger partial charge in [-0.2, -0.15) is 0 Å². The van der Waals surface area contributed by atoms with Crippen LogP contribution in [0.15, 0.2) is 23.7 Å². The summed E-state index contributed by atoms with van der Waals surface area (Å²) in [4.78, 5) is 23.8. The normalized spacial score (nSPS) is 21.5. The second-order valence-electron chi connectivity index (χ2n) is 7.39. The van der Waals surface area contributed by atoms with Crippen molar-refractivity contribution in [2.45, 2.75) is 38.9 Å². The van der Waals surface area contributed by atoms with Gasteiger partial charge in [-0.3, -0.25) is 9.59 Å². The summed E-state index contributed by atoms with van der Waals surface area (Å²) in [5.41, 5.74) is 1.59. The van der Waals surface area contributed by atoms with Crippen molar-refractivity contribution in [3.05, 3.63) is 34.8 Å². The highest BCUT2D eigenvalue weighted by Gasteiger charge is 2.52. The van der Waals surface area contributed by atoms with Gasteiger partial charge in [-0.05, 0) is 51.8 Å². The fraction of sp³-hybridized carbons (Fsp3) is 0.444. The number of carbonyl (C=O) groups excluding carboxylic acids is 2. The lowest BCUT2D eigenvalue weighted by Gasteiger charge is -2.32. The molecule has 0 saturated carbocycles. The molecule has 1 aromatic carbocycles. The average molecular weight is 342 g/mol. The van der Waals surface area contributed by atoms with Crippen molar-refractivity contribution in [1.29, 1.82) is 0 Å². The smallest absolute Gasteiger partial charge is 0.400 e. The molecule has 0 radical (unpaired) electrons. The minimum Gasteiger partial charge on any atom is -0.400 e. The van der Waals surface area contributed by atoms with Crippen LogP contribution < -0.4 is 10.6 Å². The first-order valence-electron chi connectivity index (χ1n) is 8.36. The molecular weight excluding hydrogens is 319 g/mol. The number of Topliss-reactive ketones (excluding diaryl/α,β-unsaturated/α-hetero) is 1. The van der Waals surface area contributed by atoms with Crippen LogP contribution in [-0.2, 0) is 14.1 Å². The number of hydrogen-bond donors (Lipinski definition) is 2. The zero-order valence-corrected chi connectivity index (χ0v) is 15.2. The molecule has 25 heavy (non-hydrogen) atoms. The van der Waals surface area contributed by atoms with E-state index in [9.17, 15) is 9.59 Å². The minimum absolute atomic E-state index is 0.401. The van der Waals surface area contributed by atoms with Gasteiger partial charge in [0, 0.05) is 6.54 Å². The lowest BCUT2D eigenvalue weighted by molar-refractivity contribution is -0.112. The Balaban J connectivity index is 2.00. The van der Waals surface area contributed by atoms with Gasteiger partial charge in [0.2, 0.25) is 0 Å². The zero-order chi connectivity index (χ0) is 18.4. The third kappa shape index (κ3) is 3.03. The van der Waals surface area contributed by atoms with Crippen molar-refractivity contribution in [2.24, 2.45) is 0 Å². The first kappa shape index (κ1) is 17.9. The molecule has 0 spiro atoms. The maximum atomic E-state index is 12.2. The molecule has 2 heterocycles. The second-order valence-corrected chi connectivity index (χ2v) is 7.39. The predicted octanol–water partition coefficient (Wildman–Crippen LogP) is 2.06. The Morgan fingerprint density at radius 1 is 1.20 bits per heavy atom. The number of nitrogens with one attached hydrogen (secondary N) is 2. The van der Waals surface area contributed by atoms with E-state index in [0.29, 0.717) is 23.4 Å². The van der Waals surface area contributed by atoms with Gasteiger partial charge in [0.25, 0.3) is 11.7 Å². The van der Waals surface area contributed by atoms with Crippen molar-refractivity contribution < 1.29 is 18.9 Å². The van der Waals surface area contributed by atoms with Gasteiger partial charge in [0.05, 0.1) is 22.5 Å². The van der Waals surface area contributed by atoms with Crippen molar-refractivity contribution >= 4 is 30.6 Å². The molecule has 0 aromatic heterocycles. The summed E-state index contributed by atoms with van der Waals surface area (Å²) >= 11 is 0. The first-order valence-corrected chi connectivity index (χ1v) is 8.36. The Kier molecular flexibility index (Phi) is 4.35. The number of anilines is 1. The quantitative estimate of drug-likeness (QED) is 0.647.